The predicted molar refractivity (Wildman–Crippen MR) is 62.0 cm³/mol. The molecule has 0 aliphatic heterocycles. The Kier molecular flexibility index (Phi) is 3.31. The zero-order valence-electron chi connectivity index (χ0n) is 9.04. The van der Waals surface area contributed by atoms with Crippen LogP contribution in [0.3, 0.4) is 0 Å². The monoisotopic (exact) mass is 256 g/mol. The van der Waals surface area contributed by atoms with E-state index in [9.17, 15) is 4.39 Å². The second-order valence-corrected chi connectivity index (χ2v) is 3.91. The summed E-state index contributed by atoms with van der Waals surface area (Å²) in [5.74, 6) is -0.322. The SMILES string of the molecule is COCc1cc(Cl)cc(-c2cc(N)on2)c1F. The van der Waals surface area contributed by atoms with Crippen molar-refractivity contribution in [1.29, 1.82) is 0 Å². The van der Waals surface area contributed by atoms with Crippen molar-refractivity contribution in [2.45, 2.75) is 6.61 Å². The van der Waals surface area contributed by atoms with Crippen molar-refractivity contribution in [2.24, 2.45) is 0 Å². The molecule has 0 radical (unpaired) electrons. The van der Waals surface area contributed by atoms with Gasteiger partial charge in [-0.05, 0) is 12.1 Å². The molecule has 1 aromatic carbocycles. The molecule has 90 valence electrons. The summed E-state index contributed by atoms with van der Waals surface area (Å²) >= 11 is 5.90. The van der Waals surface area contributed by atoms with E-state index in [1.54, 1.807) is 0 Å². The second kappa shape index (κ2) is 4.73. The first-order valence-electron chi connectivity index (χ1n) is 4.81. The van der Waals surface area contributed by atoms with E-state index < -0.39 is 5.82 Å². The van der Waals surface area contributed by atoms with Gasteiger partial charge in [0.2, 0.25) is 5.88 Å². The van der Waals surface area contributed by atoms with E-state index in [2.05, 4.69) is 5.16 Å². The van der Waals surface area contributed by atoms with E-state index in [-0.39, 0.29) is 18.1 Å². The van der Waals surface area contributed by atoms with Crippen LogP contribution in [0.1, 0.15) is 5.56 Å². The van der Waals surface area contributed by atoms with Crippen LogP contribution in [0.2, 0.25) is 5.02 Å². The lowest BCUT2D eigenvalue weighted by molar-refractivity contribution is 0.181. The smallest absolute Gasteiger partial charge is 0.222 e. The summed E-state index contributed by atoms with van der Waals surface area (Å²) in [6, 6.07) is 4.41. The highest BCUT2D eigenvalue weighted by molar-refractivity contribution is 6.31. The van der Waals surface area contributed by atoms with Crippen LogP contribution in [0, 0.1) is 5.82 Å². The zero-order chi connectivity index (χ0) is 12.4. The van der Waals surface area contributed by atoms with Gasteiger partial charge in [0.1, 0.15) is 11.5 Å². The number of hydrogen-bond donors (Lipinski definition) is 1. The maximum atomic E-state index is 14.1. The Morgan fingerprint density at radius 1 is 1.47 bits per heavy atom. The Morgan fingerprint density at radius 2 is 2.24 bits per heavy atom. The Bertz CT molecular complexity index is 542. The Hall–Kier alpha value is -1.59. The van der Waals surface area contributed by atoms with Crippen LogP contribution in [-0.2, 0) is 11.3 Å². The Morgan fingerprint density at radius 3 is 2.82 bits per heavy atom. The highest BCUT2D eigenvalue weighted by Crippen LogP contribution is 2.29. The van der Waals surface area contributed by atoms with Crippen LogP contribution in [0.5, 0.6) is 0 Å². The van der Waals surface area contributed by atoms with Gasteiger partial charge in [0.15, 0.2) is 0 Å². The van der Waals surface area contributed by atoms with Gasteiger partial charge < -0.3 is 15.0 Å². The minimum atomic E-state index is -0.440. The number of hydrogen-bond acceptors (Lipinski definition) is 4. The van der Waals surface area contributed by atoms with Crippen molar-refractivity contribution in [3.05, 3.63) is 34.6 Å². The lowest BCUT2D eigenvalue weighted by Crippen LogP contribution is -1.96. The fraction of sp³-hybridized carbons (Fsp3) is 0.182. The van der Waals surface area contributed by atoms with Gasteiger partial charge >= 0.3 is 0 Å². The molecule has 2 rings (SSSR count). The van der Waals surface area contributed by atoms with Gasteiger partial charge in [-0.25, -0.2) is 4.39 Å². The molecule has 4 nitrogen and oxygen atoms in total. The molecule has 0 amide bonds. The molecule has 0 unspecified atom stereocenters. The van der Waals surface area contributed by atoms with Gasteiger partial charge in [-0.3, -0.25) is 0 Å². The van der Waals surface area contributed by atoms with E-state index in [1.165, 1.54) is 25.3 Å². The molecule has 2 aromatic rings. The molecule has 0 saturated heterocycles. The van der Waals surface area contributed by atoms with Crippen LogP contribution in [0.25, 0.3) is 11.3 Å². The number of ether oxygens (including phenoxy) is 1. The molecule has 1 heterocycles. The van der Waals surface area contributed by atoms with E-state index >= 15 is 0 Å². The number of nitrogens with zero attached hydrogens (tertiary/aromatic N) is 1. The van der Waals surface area contributed by atoms with Crippen molar-refractivity contribution in [3.8, 4) is 11.3 Å². The lowest BCUT2D eigenvalue weighted by atomic mass is 10.1. The Balaban J connectivity index is 2.53. The number of nitrogens with two attached hydrogens (primary N) is 1. The highest BCUT2D eigenvalue weighted by Gasteiger charge is 2.15. The second-order valence-electron chi connectivity index (χ2n) is 3.47. The fourth-order valence-corrected chi connectivity index (χ4v) is 1.75. The quantitative estimate of drug-likeness (QED) is 0.917. The van der Waals surface area contributed by atoms with Crippen molar-refractivity contribution < 1.29 is 13.7 Å². The maximum Gasteiger partial charge on any atom is 0.222 e. The van der Waals surface area contributed by atoms with E-state index in [4.69, 9.17) is 26.6 Å². The number of aromatic nitrogens is 1. The lowest BCUT2D eigenvalue weighted by Gasteiger charge is -2.06. The summed E-state index contributed by atoms with van der Waals surface area (Å²) in [7, 11) is 1.48. The molecule has 2 N–H and O–H groups in total. The minimum absolute atomic E-state index is 0.118. The van der Waals surface area contributed by atoms with Crippen molar-refractivity contribution >= 4 is 17.5 Å². The van der Waals surface area contributed by atoms with Crippen LogP contribution in [-0.4, -0.2) is 12.3 Å². The molecule has 0 spiro atoms. The van der Waals surface area contributed by atoms with Gasteiger partial charge in [0.25, 0.3) is 0 Å². The molecule has 0 bridgehead atoms. The molecule has 6 heteroatoms. The summed E-state index contributed by atoms with van der Waals surface area (Å²) < 4.78 is 23.7. The minimum Gasteiger partial charge on any atom is -0.380 e. The number of methoxy groups -OCH3 is 1. The maximum absolute atomic E-state index is 14.1. The summed E-state index contributed by atoms with van der Waals surface area (Å²) in [5, 5.41) is 4.05. The van der Waals surface area contributed by atoms with Crippen molar-refractivity contribution in [1.82, 2.24) is 5.16 Å². The third kappa shape index (κ3) is 2.40. The first-order valence-corrected chi connectivity index (χ1v) is 5.19. The van der Waals surface area contributed by atoms with Crippen LogP contribution < -0.4 is 5.73 Å². The van der Waals surface area contributed by atoms with E-state index in [0.717, 1.165) is 0 Å². The van der Waals surface area contributed by atoms with Crippen LogP contribution in [0.15, 0.2) is 22.7 Å². The van der Waals surface area contributed by atoms with Gasteiger partial charge in [-0.1, -0.05) is 16.8 Å². The molecule has 17 heavy (non-hydrogen) atoms. The third-order valence-electron chi connectivity index (χ3n) is 2.22. The first kappa shape index (κ1) is 11.9. The normalized spacial score (nSPS) is 10.8. The summed E-state index contributed by atoms with van der Waals surface area (Å²) in [6.07, 6.45) is 0. The molecular formula is C11H10ClFN2O2. The zero-order valence-corrected chi connectivity index (χ0v) is 9.79. The first-order chi connectivity index (χ1) is 8.11. The third-order valence-corrected chi connectivity index (χ3v) is 2.44. The molecule has 0 aliphatic rings. The van der Waals surface area contributed by atoms with E-state index in [1.807, 2.05) is 0 Å². The predicted octanol–water partition coefficient (Wildman–Crippen LogP) is 2.86. The molecule has 0 saturated carbocycles. The molecule has 0 atom stereocenters. The number of rotatable bonds is 3. The fourth-order valence-electron chi connectivity index (χ4n) is 1.51. The van der Waals surface area contributed by atoms with Crippen molar-refractivity contribution in [3.63, 3.8) is 0 Å². The number of benzene rings is 1. The van der Waals surface area contributed by atoms with Gasteiger partial charge in [0.05, 0.1) is 6.61 Å². The van der Waals surface area contributed by atoms with Crippen LogP contribution >= 0.6 is 11.6 Å². The number of anilines is 1. The molecule has 1 aromatic heterocycles. The van der Waals surface area contributed by atoms with Crippen LogP contribution in [0.4, 0.5) is 10.3 Å². The standard InChI is InChI=1S/C11H10ClFN2O2/c1-16-5-6-2-7(12)3-8(11(6)13)9-4-10(14)17-15-9/h2-4H,5,14H2,1H3. The molecular weight excluding hydrogens is 247 g/mol. The largest absolute Gasteiger partial charge is 0.380 e. The summed E-state index contributed by atoms with van der Waals surface area (Å²) in [6.45, 7) is 0.132. The van der Waals surface area contributed by atoms with Gasteiger partial charge in [0, 0.05) is 29.3 Å². The molecule has 0 fully saturated rings. The highest BCUT2D eigenvalue weighted by atomic mass is 35.5. The van der Waals surface area contributed by atoms with Gasteiger partial charge in [-0.15, -0.1) is 0 Å². The summed E-state index contributed by atoms with van der Waals surface area (Å²) in [5.41, 5.74) is 6.30. The van der Waals surface area contributed by atoms with Gasteiger partial charge in [-0.2, -0.15) is 0 Å². The molecule has 0 aliphatic carbocycles. The number of halogens is 2. The average Bonchev–Trinajstić information content (AvgIpc) is 2.70. The summed E-state index contributed by atoms with van der Waals surface area (Å²) in [4.78, 5) is 0. The Labute approximate surface area is 102 Å². The van der Waals surface area contributed by atoms with E-state index in [0.29, 0.717) is 16.3 Å². The van der Waals surface area contributed by atoms with Crippen molar-refractivity contribution in [2.75, 3.05) is 12.8 Å². The number of nitrogen functional groups attached to an aromatic ring is 1. The topological polar surface area (TPSA) is 61.3 Å². The average molecular weight is 257 g/mol.